The molecule has 2 heteroatoms. The molecule has 4 aliphatic carbocycles. The summed E-state index contributed by atoms with van der Waals surface area (Å²) in [7, 11) is 0. The van der Waals surface area contributed by atoms with Crippen molar-refractivity contribution < 1.29 is 9.18 Å². The van der Waals surface area contributed by atoms with Crippen molar-refractivity contribution in [1.29, 1.82) is 0 Å². The third-order valence-electron chi connectivity index (χ3n) is 8.57. The molecule has 0 aromatic heterocycles. The Morgan fingerprint density at radius 3 is 2.50 bits per heavy atom. The first-order chi connectivity index (χ1) is 10.3. The summed E-state index contributed by atoms with van der Waals surface area (Å²) in [6.45, 7) is 6.15. The van der Waals surface area contributed by atoms with Crippen LogP contribution in [0.1, 0.15) is 78.6 Å². The van der Waals surface area contributed by atoms with E-state index in [4.69, 9.17) is 0 Å². The van der Waals surface area contributed by atoms with Gasteiger partial charge in [0.25, 0.3) is 0 Å². The molecule has 22 heavy (non-hydrogen) atoms. The summed E-state index contributed by atoms with van der Waals surface area (Å²) in [6, 6.07) is 0. The summed E-state index contributed by atoms with van der Waals surface area (Å²) in [5.74, 6) is 2.44. The molecule has 4 aliphatic rings. The topological polar surface area (TPSA) is 17.1 Å². The first kappa shape index (κ1) is 15.1. The van der Waals surface area contributed by atoms with Gasteiger partial charge >= 0.3 is 0 Å². The second kappa shape index (κ2) is 4.57. The SMILES string of the molecule is CC1(F)C[C@H]2[C@@H]3CCC4CCCC[C@]4(C)[C@@H]3CC[C@]2(C)C1=O. The zero-order chi connectivity index (χ0) is 15.8. The maximum atomic E-state index is 14.8. The molecule has 0 amide bonds. The summed E-state index contributed by atoms with van der Waals surface area (Å²) < 4.78 is 14.8. The minimum absolute atomic E-state index is 0.0839. The standard InChI is InChI=1S/C20H31FO/c1-18-10-5-4-6-13(18)7-8-14-15(18)9-11-19(2)16(14)12-20(3,21)17(19)22/h13-16H,4-12H2,1-3H3/t13?,14-,15-,16+,18+,19+,20?/m1/s1. The monoisotopic (exact) mass is 306 g/mol. The predicted molar refractivity (Wildman–Crippen MR) is 86.2 cm³/mol. The number of fused-ring (bicyclic) bond motifs is 5. The number of hydrogen-bond donors (Lipinski definition) is 0. The number of hydrogen-bond acceptors (Lipinski definition) is 1. The highest BCUT2D eigenvalue weighted by atomic mass is 19.1. The summed E-state index contributed by atoms with van der Waals surface area (Å²) in [5.41, 5.74) is -1.47. The normalized spacial score (nSPS) is 57.9. The lowest BCUT2D eigenvalue weighted by Crippen LogP contribution is -2.52. The Balaban J connectivity index is 1.68. The zero-order valence-corrected chi connectivity index (χ0v) is 14.5. The van der Waals surface area contributed by atoms with Gasteiger partial charge in [-0.1, -0.05) is 26.7 Å². The lowest BCUT2D eigenvalue weighted by atomic mass is 9.45. The van der Waals surface area contributed by atoms with Gasteiger partial charge in [0.05, 0.1) is 0 Å². The molecule has 0 heterocycles. The van der Waals surface area contributed by atoms with Gasteiger partial charge in [0.2, 0.25) is 0 Å². The van der Waals surface area contributed by atoms with Crippen LogP contribution in [0.25, 0.3) is 0 Å². The smallest absolute Gasteiger partial charge is 0.175 e. The van der Waals surface area contributed by atoms with Crippen LogP contribution in [0.3, 0.4) is 0 Å². The number of alkyl halides is 1. The molecule has 0 radical (unpaired) electrons. The Morgan fingerprint density at radius 2 is 1.73 bits per heavy atom. The van der Waals surface area contributed by atoms with Gasteiger partial charge in [-0.15, -0.1) is 0 Å². The minimum atomic E-state index is -1.57. The fourth-order valence-electron chi connectivity index (χ4n) is 7.37. The average molecular weight is 306 g/mol. The van der Waals surface area contributed by atoms with Crippen LogP contribution in [-0.2, 0) is 4.79 Å². The second-order valence-electron chi connectivity index (χ2n) is 9.59. The maximum Gasteiger partial charge on any atom is 0.175 e. The Bertz CT molecular complexity index is 498. The van der Waals surface area contributed by atoms with Crippen molar-refractivity contribution in [3.05, 3.63) is 0 Å². The molecule has 0 saturated heterocycles. The van der Waals surface area contributed by atoms with E-state index in [9.17, 15) is 9.18 Å². The molecule has 0 bridgehead atoms. The van der Waals surface area contributed by atoms with Gasteiger partial charge in [0.1, 0.15) is 0 Å². The minimum Gasteiger partial charge on any atom is -0.295 e. The van der Waals surface area contributed by atoms with Crippen molar-refractivity contribution in [1.82, 2.24) is 0 Å². The van der Waals surface area contributed by atoms with E-state index in [1.165, 1.54) is 38.5 Å². The maximum absolute atomic E-state index is 14.8. The van der Waals surface area contributed by atoms with Crippen molar-refractivity contribution >= 4 is 5.78 Å². The number of carbonyl (C=O) groups excluding carboxylic acids is 1. The van der Waals surface area contributed by atoms with Crippen molar-refractivity contribution in [3.63, 3.8) is 0 Å². The molecule has 0 aromatic carbocycles. The Kier molecular flexibility index (Phi) is 3.15. The molecule has 0 aromatic rings. The van der Waals surface area contributed by atoms with E-state index in [1.807, 2.05) is 0 Å². The number of rotatable bonds is 0. The largest absolute Gasteiger partial charge is 0.295 e. The van der Waals surface area contributed by atoms with Crippen molar-refractivity contribution in [2.45, 2.75) is 84.2 Å². The zero-order valence-electron chi connectivity index (χ0n) is 14.5. The van der Waals surface area contributed by atoms with Crippen molar-refractivity contribution in [3.8, 4) is 0 Å². The first-order valence-electron chi connectivity index (χ1n) is 9.53. The van der Waals surface area contributed by atoms with Crippen LogP contribution in [0.2, 0.25) is 0 Å². The van der Waals surface area contributed by atoms with Crippen LogP contribution in [0.4, 0.5) is 4.39 Å². The van der Waals surface area contributed by atoms with E-state index >= 15 is 0 Å². The lowest BCUT2D eigenvalue weighted by Gasteiger charge is -2.59. The second-order valence-corrected chi connectivity index (χ2v) is 9.59. The third kappa shape index (κ3) is 1.79. The summed E-state index contributed by atoms with van der Waals surface area (Å²) in [4.78, 5) is 12.6. The molecule has 0 spiro atoms. The molecule has 2 unspecified atom stereocenters. The van der Waals surface area contributed by atoms with Gasteiger partial charge in [-0.2, -0.15) is 0 Å². The van der Waals surface area contributed by atoms with E-state index in [0.717, 1.165) is 24.7 Å². The van der Waals surface area contributed by atoms with Gasteiger partial charge in [0, 0.05) is 5.41 Å². The Morgan fingerprint density at radius 1 is 0.955 bits per heavy atom. The fraction of sp³-hybridized carbons (Fsp3) is 0.950. The molecule has 0 N–H and O–H groups in total. The highest BCUT2D eigenvalue weighted by molar-refractivity contribution is 5.94. The van der Waals surface area contributed by atoms with Crippen LogP contribution in [0.5, 0.6) is 0 Å². The van der Waals surface area contributed by atoms with E-state index in [1.54, 1.807) is 6.92 Å². The third-order valence-corrected chi connectivity index (χ3v) is 8.57. The highest BCUT2D eigenvalue weighted by Crippen LogP contribution is 2.66. The number of halogens is 1. The Hall–Kier alpha value is -0.400. The van der Waals surface area contributed by atoms with Crippen LogP contribution in [0.15, 0.2) is 0 Å². The van der Waals surface area contributed by atoms with Crippen LogP contribution in [-0.4, -0.2) is 11.5 Å². The quantitative estimate of drug-likeness (QED) is 0.591. The molecule has 4 fully saturated rings. The van der Waals surface area contributed by atoms with E-state index in [2.05, 4.69) is 13.8 Å². The number of Topliss-reactive ketones (excluding diaryl/α,β-unsaturated/α-hetero) is 1. The number of ketones is 1. The van der Waals surface area contributed by atoms with Gasteiger partial charge < -0.3 is 0 Å². The lowest BCUT2D eigenvalue weighted by molar-refractivity contribution is -0.142. The molecular formula is C20H31FO. The Labute approximate surface area is 134 Å². The van der Waals surface area contributed by atoms with Crippen LogP contribution < -0.4 is 0 Å². The highest BCUT2D eigenvalue weighted by Gasteiger charge is 2.65. The molecule has 4 rings (SSSR count). The van der Waals surface area contributed by atoms with E-state index in [0.29, 0.717) is 23.7 Å². The summed E-state index contributed by atoms with van der Waals surface area (Å²) in [5, 5.41) is 0. The summed E-state index contributed by atoms with van der Waals surface area (Å²) in [6.07, 6.45) is 10.7. The van der Waals surface area contributed by atoms with E-state index < -0.39 is 5.67 Å². The van der Waals surface area contributed by atoms with Gasteiger partial charge in [-0.3, -0.25) is 4.79 Å². The summed E-state index contributed by atoms with van der Waals surface area (Å²) >= 11 is 0. The number of carbonyl (C=O) groups is 1. The van der Waals surface area contributed by atoms with Crippen LogP contribution in [0, 0.1) is 34.5 Å². The average Bonchev–Trinajstić information content (AvgIpc) is 2.66. The van der Waals surface area contributed by atoms with Gasteiger partial charge in [0.15, 0.2) is 11.5 Å². The molecule has 4 saturated carbocycles. The van der Waals surface area contributed by atoms with E-state index in [-0.39, 0.29) is 11.2 Å². The van der Waals surface area contributed by atoms with Crippen molar-refractivity contribution in [2.75, 3.05) is 0 Å². The molecule has 124 valence electrons. The van der Waals surface area contributed by atoms with Gasteiger partial charge in [-0.25, -0.2) is 4.39 Å². The molecule has 1 nitrogen and oxygen atoms in total. The fourth-order valence-corrected chi connectivity index (χ4v) is 7.37. The molecular weight excluding hydrogens is 275 g/mol. The molecule has 7 atom stereocenters. The molecule has 0 aliphatic heterocycles. The van der Waals surface area contributed by atoms with Gasteiger partial charge in [-0.05, 0) is 81.0 Å². The van der Waals surface area contributed by atoms with Crippen molar-refractivity contribution in [2.24, 2.45) is 34.5 Å². The van der Waals surface area contributed by atoms with Crippen LogP contribution >= 0.6 is 0 Å². The first-order valence-corrected chi connectivity index (χ1v) is 9.53. The predicted octanol–water partition coefficient (Wildman–Crippen LogP) is 5.33.